The van der Waals surface area contributed by atoms with Crippen LogP contribution in [-0.2, 0) is 16.0 Å². The summed E-state index contributed by atoms with van der Waals surface area (Å²) in [5.74, 6) is 1.37. The molecule has 198 valence electrons. The van der Waals surface area contributed by atoms with E-state index in [1.54, 1.807) is 0 Å². The highest BCUT2D eigenvalue weighted by molar-refractivity contribution is 5.98. The van der Waals surface area contributed by atoms with Crippen molar-refractivity contribution in [1.29, 1.82) is 0 Å². The molecule has 2 heterocycles. The number of nitrogens with one attached hydrogen (secondary N) is 1. The number of anilines is 2. The Morgan fingerprint density at radius 2 is 1.95 bits per heavy atom. The van der Waals surface area contributed by atoms with Gasteiger partial charge in [0.05, 0.1) is 19.3 Å². The van der Waals surface area contributed by atoms with Crippen LogP contribution in [0.4, 0.5) is 11.4 Å². The van der Waals surface area contributed by atoms with Crippen LogP contribution in [0.1, 0.15) is 43.4 Å². The molecule has 1 saturated heterocycles. The third-order valence-electron chi connectivity index (χ3n) is 7.36. The van der Waals surface area contributed by atoms with E-state index in [2.05, 4.69) is 71.6 Å². The van der Waals surface area contributed by atoms with Gasteiger partial charge in [0.25, 0.3) is 0 Å². The topological polar surface area (TPSA) is 54.0 Å². The van der Waals surface area contributed by atoms with E-state index in [9.17, 15) is 4.79 Å². The molecule has 0 bridgehead atoms. The summed E-state index contributed by atoms with van der Waals surface area (Å²) in [5, 5.41) is 2.86. The molecule has 1 fully saturated rings. The summed E-state index contributed by atoms with van der Waals surface area (Å²) in [7, 11) is 0. The van der Waals surface area contributed by atoms with Crippen molar-refractivity contribution in [3.05, 3.63) is 78.9 Å². The Bertz CT molecular complexity index is 1040. The van der Waals surface area contributed by atoms with Gasteiger partial charge in [-0.25, -0.2) is 0 Å². The normalized spacial score (nSPS) is 18.5. The van der Waals surface area contributed by atoms with E-state index in [-0.39, 0.29) is 12.0 Å². The van der Waals surface area contributed by atoms with Crippen molar-refractivity contribution in [2.24, 2.45) is 5.92 Å². The fraction of sp³-hybridized carbons (Fsp3) is 0.452. The van der Waals surface area contributed by atoms with Crippen LogP contribution in [-0.4, -0.2) is 56.7 Å². The first-order valence-corrected chi connectivity index (χ1v) is 13.5. The van der Waals surface area contributed by atoms with Gasteiger partial charge in [-0.15, -0.1) is 6.58 Å². The van der Waals surface area contributed by atoms with E-state index >= 15 is 0 Å². The van der Waals surface area contributed by atoms with Crippen LogP contribution < -0.4 is 15.0 Å². The Labute approximate surface area is 221 Å². The van der Waals surface area contributed by atoms with Gasteiger partial charge in [-0.3, -0.25) is 9.69 Å². The molecular weight excluding hydrogens is 462 g/mol. The highest BCUT2D eigenvalue weighted by Crippen LogP contribution is 2.32. The van der Waals surface area contributed by atoms with Crippen molar-refractivity contribution >= 4 is 17.3 Å². The molecule has 2 atom stereocenters. The molecule has 37 heavy (non-hydrogen) atoms. The fourth-order valence-corrected chi connectivity index (χ4v) is 5.11. The molecule has 1 amide bonds. The van der Waals surface area contributed by atoms with E-state index in [0.29, 0.717) is 5.92 Å². The fourth-order valence-electron chi connectivity index (χ4n) is 5.11. The third-order valence-corrected chi connectivity index (χ3v) is 7.36. The van der Waals surface area contributed by atoms with Crippen molar-refractivity contribution in [1.82, 2.24) is 4.90 Å². The molecule has 0 radical (unpaired) electrons. The summed E-state index contributed by atoms with van der Waals surface area (Å²) in [6, 6.07) is 14.7. The van der Waals surface area contributed by atoms with Crippen molar-refractivity contribution in [2.45, 2.75) is 38.7 Å². The predicted octanol–water partition coefficient (Wildman–Crippen LogP) is 5.62. The van der Waals surface area contributed by atoms with Crippen LogP contribution in [0.3, 0.4) is 0 Å². The molecule has 0 aliphatic carbocycles. The summed E-state index contributed by atoms with van der Waals surface area (Å²) >= 11 is 0. The minimum absolute atomic E-state index is 0.109. The summed E-state index contributed by atoms with van der Waals surface area (Å²) in [5.41, 5.74) is 4.59. The maximum atomic E-state index is 11.6. The molecule has 4 rings (SSSR count). The molecule has 1 N–H and O–H groups in total. The van der Waals surface area contributed by atoms with Gasteiger partial charge in [0.1, 0.15) is 5.75 Å². The first-order valence-electron chi connectivity index (χ1n) is 13.5. The lowest BCUT2D eigenvalue weighted by molar-refractivity contribution is -0.111. The standard InChI is InChI=1S/C31H41N3O3/c1-4-6-24(3)14-21-36-28-10-8-27(9-11-28)34-19-17-33(18-20-34)16-13-30-29-12-7-26(32-31(35)5-2)23-25(29)15-22-37-30/h4-5,7-12,23-24,30H,1-2,6,13-22H2,3H3,(H,32,35). The van der Waals surface area contributed by atoms with Crippen molar-refractivity contribution < 1.29 is 14.3 Å². The maximum absolute atomic E-state index is 11.6. The lowest BCUT2D eigenvalue weighted by Gasteiger charge is -2.37. The number of allylic oxidation sites excluding steroid dienone is 1. The van der Waals surface area contributed by atoms with E-state index in [4.69, 9.17) is 9.47 Å². The highest BCUT2D eigenvalue weighted by Gasteiger charge is 2.24. The molecule has 2 aromatic carbocycles. The van der Waals surface area contributed by atoms with Crippen LogP contribution in [0.5, 0.6) is 5.75 Å². The quantitative estimate of drug-likeness (QED) is 0.301. The smallest absolute Gasteiger partial charge is 0.247 e. The Morgan fingerprint density at radius 3 is 2.68 bits per heavy atom. The summed E-state index contributed by atoms with van der Waals surface area (Å²) in [4.78, 5) is 16.6. The van der Waals surface area contributed by atoms with Gasteiger partial charge in [0, 0.05) is 44.1 Å². The molecule has 2 aliphatic heterocycles. The second-order valence-electron chi connectivity index (χ2n) is 10.1. The van der Waals surface area contributed by atoms with Gasteiger partial charge in [0.2, 0.25) is 5.91 Å². The SMILES string of the molecule is C=CCC(C)CCOc1ccc(N2CCN(CCC3OCCc4cc(NC(=O)C=C)ccc43)CC2)cc1. The van der Waals surface area contributed by atoms with Crippen LogP contribution in [0.25, 0.3) is 0 Å². The number of amides is 1. The van der Waals surface area contributed by atoms with E-state index in [0.717, 1.165) is 83.1 Å². The second kappa shape index (κ2) is 13.5. The predicted molar refractivity (Wildman–Crippen MR) is 151 cm³/mol. The largest absolute Gasteiger partial charge is 0.494 e. The van der Waals surface area contributed by atoms with Crippen LogP contribution >= 0.6 is 0 Å². The van der Waals surface area contributed by atoms with E-state index < -0.39 is 0 Å². The molecule has 0 aromatic heterocycles. The first-order chi connectivity index (χ1) is 18.1. The Hall–Kier alpha value is -3.09. The number of fused-ring (bicyclic) bond motifs is 1. The molecule has 6 heteroatoms. The number of hydrogen-bond donors (Lipinski definition) is 1. The number of carbonyl (C=O) groups excluding carboxylic acids is 1. The third kappa shape index (κ3) is 7.70. The summed E-state index contributed by atoms with van der Waals surface area (Å²) in [6.45, 7) is 16.2. The Morgan fingerprint density at radius 1 is 1.16 bits per heavy atom. The van der Waals surface area contributed by atoms with Crippen molar-refractivity contribution in [3.63, 3.8) is 0 Å². The monoisotopic (exact) mass is 503 g/mol. The maximum Gasteiger partial charge on any atom is 0.247 e. The summed E-state index contributed by atoms with van der Waals surface area (Å²) < 4.78 is 12.1. The van der Waals surface area contributed by atoms with Gasteiger partial charge >= 0.3 is 0 Å². The molecule has 2 aromatic rings. The second-order valence-corrected chi connectivity index (χ2v) is 10.1. The molecular formula is C31H41N3O3. The number of carbonyl (C=O) groups is 1. The first kappa shape index (κ1) is 27.0. The van der Waals surface area contributed by atoms with Crippen molar-refractivity contribution in [2.75, 3.05) is 56.2 Å². The number of rotatable bonds is 12. The Balaban J connectivity index is 1.21. The minimum Gasteiger partial charge on any atom is -0.494 e. The number of hydrogen-bond acceptors (Lipinski definition) is 5. The number of piperazine rings is 1. The molecule has 0 saturated carbocycles. The van der Waals surface area contributed by atoms with Gasteiger partial charge in [-0.1, -0.05) is 25.6 Å². The average molecular weight is 504 g/mol. The molecule has 2 unspecified atom stereocenters. The van der Waals surface area contributed by atoms with Crippen LogP contribution in [0.15, 0.2) is 67.8 Å². The van der Waals surface area contributed by atoms with E-state index in [1.807, 2.05) is 12.1 Å². The van der Waals surface area contributed by atoms with Gasteiger partial charge in [0.15, 0.2) is 0 Å². The zero-order chi connectivity index (χ0) is 26.0. The lowest BCUT2D eigenvalue weighted by Crippen LogP contribution is -2.46. The Kier molecular flexibility index (Phi) is 9.80. The van der Waals surface area contributed by atoms with Gasteiger partial charge in [-0.2, -0.15) is 0 Å². The molecule has 2 aliphatic rings. The van der Waals surface area contributed by atoms with E-state index in [1.165, 1.54) is 22.9 Å². The number of nitrogens with zero attached hydrogens (tertiary/aromatic N) is 2. The molecule has 0 spiro atoms. The minimum atomic E-state index is -0.184. The molecule has 6 nitrogen and oxygen atoms in total. The lowest BCUT2D eigenvalue weighted by atomic mass is 9.95. The number of ether oxygens (including phenoxy) is 2. The van der Waals surface area contributed by atoms with Crippen LogP contribution in [0.2, 0.25) is 0 Å². The zero-order valence-corrected chi connectivity index (χ0v) is 22.2. The summed E-state index contributed by atoms with van der Waals surface area (Å²) in [6.07, 6.45) is 7.31. The van der Waals surface area contributed by atoms with Crippen LogP contribution in [0, 0.1) is 5.92 Å². The number of benzene rings is 2. The van der Waals surface area contributed by atoms with Crippen molar-refractivity contribution in [3.8, 4) is 5.75 Å². The van der Waals surface area contributed by atoms with Gasteiger partial charge < -0.3 is 19.7 Å². The zero-order valence-electron chi connectivity index (χ0n) is 22.2. The van der Waals surface area contributed by atoms with Gasteiger partial charge in [-0.05, 0) is 85.2 Å². The average Bonchev–Trinajstić information content (AvgIpc) is 2.92. The highest BCUT2D eigenvalue weighted by atomic mass is 16.5.